The predicted octanol–water partition coefficient (Wildman–Crippen LogP) is 2.15. The second-order valence-corrected chi connectivity index (χ2v) is 6.86. The number of nitrogens with two attached hydrogens (primary N) is 1. The van der Waals surface area contributed by atoms with Crippen molar-refractivity contribution >= 4 is 11.9 Å². The van der Waals surface area contributed by atoms with E-state index in [2.05, 4.69) is 19.2 Å². The van der Waals surface area contributed by atoms with Crippen molar-refractivity contribution in [1.29, 1.82) is 0 Å². The lowest BCUT2D eigenvalue weighted by molar-refractivity contribution is -0.151. The van der Waals surface area contributed by atoms with Gasteiger partial charge in [-0.15, -0.1) is 0 Å². The van der Waals surface area contributed by atoms with Crippen molar-refractivity contribution in [2.75, 3.05) is 13.1 Å². The van der Waals surface area contributed by atoms with E-state index < -0.39 is 11.4 Å². The van der Waals surface area contributed by atoms with E-state index in [1.807, 2.05) is 0 Å². The molecular weight excluding hydrogens is 268 g/mol. The first-order valence-corrected chi connectivity index (χ1v) is 8.10. The Bertz CT molecular complexity index is 349. The quantitative estimate of drug-likeness (QED) is 0.640. The molecule has 1 saturated carbocycles. The lowest BCUT2D eigenvalue weighted by Gasteiger charge is -2.33. The molecule has 1 fully saturated rings. The van der Waals surface area contributed by atoms with Crippen molar-refractivity contribution in [3.05, 3.63) is 0 Å². The standard InChI is InChI=1S/C16H30N2O3/c1-12(2)8-13(10-17)9-14(19)18-11-16(15(20)21)6-4-3-5-7-16/h12-13H,3-11,17H2,1-2H3,(H,18,19)(H,20,21)/t13-/m0/s1. The normalized spacial score (nSPS) is 19.2. The Morgan fingerprint density at radius 1 is 1.24 bits per heavy atom. The first-order chi connectivity index (χ1) is 9.89. The van der Waals surface area contributed by atoms with Gasteiger partial charge in [0.1, 0.15) is 0 Å². The van der Waals surface area contributed by atoms with Crippen molar-refractivity contribution in [2.45, 2.75) is 58.8 Å². The Labute approximate surface area is 127 Å². The van der Waals surface area contributed by atoms with Gasteiger partial charge in [0.2, 0.25) is 5.91 Å². The largest absolute Gasteiger partial charge is 0.481 e. The fourth-order valence-electron chi connectivity index (χ4n) is 3.23. The zero-order valence-electron chi connectivity index (χ0n) is 13.4. The maximum Gasteiger partial charge on any atom is 0.311 e. The van der Waals surface area contributed by atoms with Crippen LogP contribution in [-0.4, -0.2) is 30.1 Å². The summed E-state index contributed by atoms with van der Waals surface area (Å²) in [5.41, 5.74) is 4.95. The Morgan fingerprint density at radius 2 is 1.86 bits per heavy atom. The number of rotatable bonds is 8. The minimum absolute atomic E-state index is 0.0719. The van der Waals surface area contributed by atoms with Gasteiger partial charge in [0.05, 0.1) is 5.41 Å². The van der Waals surface area contributed by atoms with E-state index in [0.717, 1.165) is 25.7 Å². The van der Waals surface area contributed by atoms with Gasteiger partial charge in [-0.25, -0.2) is 0 Å². The molecule has 0 saturated heterocycles. The molecule has 0 bridgehead atoms. The summed E-state index contributed by atoms with van der Waals surface area (Å²) in [6.07, 6.45) is 5.59. The molecule has 1 aliphatic rings. The van der Waals surface area contributed by atoms with Crippen molar-refractivity contribution in [1.82, 2.24) is 5.32 Å². The van der Waals surface area contributed by atoms with E-state index >= 15 is 0 Å². The smallest absolute Gasteiger partial charge is 0.311 e. The van der Waals surface area contributed by atoms with Crippen LogP contribution in [0, 0.1) is 17.3 Å². The number of carboxylic acid groups (broad SMARTS) is 1. The van der Waals surface area contributed by atoms with E-state index in [1.54, 1.807) is 0 Å². The third-order valence-corrected chi connectivity index (χ3v) is 4.50. The Hall–Kier alpha value is -1.10. The highest BCUT2D eigenvalue weighted by Gasteiger charge is 2.39. The molecule has 0 unspecified atom stereocenters. The van der Waals surface area contributed by atoms with Crippen LogP contribution >= 0.6 is 0 Å². The molecule has 0 aromatic carbocycles. The lowest BCUT2D eigenvalue weighted by Crippen LogP contribution is -2.44. The first-order valence-electron chi connectivity index (χ1n) is 8.10. The average Bonchev–Trinajstić information content (AvgIpc) is 2.44. The molecule has 1 aliphatic carbocycles. The van der Waals surface area contributed by atoms with Crippen LogP contribution in [-0.2, 0) is 9.59 Å². The van der Waals surface area contributed by atoms with Crippen LogP contribution in [0.1, 0.15) is 58.8 Å². The number of amides is 1. The van der Waals surface area contributed by atoms with Crippen LogP contribution in [0.25, 0.3) is 0 Å². The summed E-state index contributed by atoms with van der Waals surface area (Å²) in [5, 5.41) is 12.3. The van der Waals surface area contributed by atoms with Gasteiger partial charge in [-0.2, -0.15) is 0 Å². The van der Waals surface area contributed by atoms with Gasteiger partial charge in [0.25, 0.3) is 0 Å². The zero-order valence-corrected chi connectivity index (χ0v) is 13.4. The van der Waals surface area contributed by atoms with Crippen molar-refractivity contribution in [3.8, 4) is 0 Å². The zero-order chi connectivity index (χ0) is 15.9. The number of carbonyl (C=O) groups excluding carboxylic acids is 1. The average molecular weight is 298 g/mol. The molecule has 21 heavy (non-hydrogen) atoms. The van der Waals surface area contributed by atoms with Gasteiger partial charge < -0.3 is 16.2 Å². The number of carboxylic acids is 1. The molecule has 5 heteroatoms. The molecule has 1 atom stereocenters. The van der Waals surface area contributed by atoms with Crippen LogP contribution in [0.3, 0.4) is 0 Å². The summed E-state index contributed by atoms with van der Waals surface area (Å²) < 4.78 is 0. The van der Waals surface area contributed by atoms with Gasteiger partial charge in [-0.05, 0) is 37.6 Å². The van der Waals surface area contributed by atoms with Crippen LogP contribution < -0.4 is 11.1 Å². The molecule has 0 spiro atoms. The summed E-state index contributed by atoms with van der Waals surface area (Å²) in [4.78, 5) is 23.6. The van der Waals surface area contributed by atoms with Gasteiger partial charge in [-0.1, -0.05) is 33.1 Å². The van der Waals surface area contributed by atoms with Crippen LogP contribution in [0.5, 0.6) is 0 Å². The Morgan fingerprint density at radius 3 is 2.33 bits per heavy atom. The summed E-state index contributed by atoms with van der Waals surface area (Å²) in [5.74, 6) is -0.162. The second-order valence-electron chi connectivity index (χ2n) is 6.86. The number of hydrogen-bond acceptors (Lipinski definition) is 3. The van der Waals surface area contributed by atoms with Crippen LogP contribution in [0.2, 0.25) is 0 Å². The van der Waals surface area contributed by atoms with Gasteiger partial charge >= 0.3 is 5.97 Å². The predicted molar refractivity (Wildman–Crippen MR) is 82.8 cm³/mol. The summed E-state index contributed by atoms with van der Waals surface area (Å²) >= 11 is 0. The molecule has 0 aromatic rings. The molecular formula is C16H30N2O3. The number of nitrogens with one attached hydrogen (secondary N) is 1. The van der Waals surface area contributed by atoms with Gasteiger partial charge in [-0.3, -0.25) is 9.59 Å². The summed E-state index contributed by atoms with van der Waals surface area (Å²) in [6.45, 7) is 4.97. The van der Waals surface area contributed by atoms with Crippen molar-refractivity contribution in [2.24, 2.45) is 23.0 Å². The van der Waals surface area contributed by atoms with E-state index in [1.165, 1.54) is 0 Å². The SMILES string of the molecule is CC(C)C[C@H](CN)CC(=O)NCC1(C(=O)O)CCCCC1. The lowest BCUT2D eigenvalue weighted by atomic mass is 9.74. The molecule has 122 valence electrons. The maximum atomic E-state index is 12.0. The third kappa shape index (κ3) is 5.65. The minimum Gasteiger partial charge on any atom is -0.481 e. The Kier molecular flexibility index (Phi) is 7.15. The van der Waals surface area contributed by atoms with E-state index in [9.17, 15) is 14.7 Å². The van der Waals surface area contributed by atoms with E-state index in [-0.39, 0.29) is 18.4 Å². The topological polar surface area (TPSA) is 92.4 Å². The summed E-state index contributed by atoms with van der Waals surface area (Å²) in [7, 11) is 0. The molecule has 4 N–H and O–H groups in total. The monoisotopic (exact) mass is 298 g/mol. The summed E-state index contributed by atoms with van der Waals surface area (Å²) in [6, 6.07) is 0. The number of hydrogen-bond donors (Lipinski definition) is 3. The second kappa shape index (κ2) is 8.37. The molecule has 1 amide bonds. The van der Waals surface area contributed by atoms with E-state index in [4.69, 9.17) is 5.73 Å². The van der Waals surface area contributed by atoms with Crippen LogP contribution in [0.4, 0.5) is 0 Å². The maximum absolute atomic E-state index is 12.0. The number of aliphatic carboxylic acids is 1. The van der Waals surface area contributed by atoms with Gasteiger partial charge in [0.15, 0.2) is 0 Å². The molecule has 0 aliphatic heterocycles. The van der Waals surface area contributed by atoms with Crippen molar-refractivity contribution < 1.29 is 14.7 Å². The van der Waals surface area contributed by atoms with E-state index in [0.29, 0.717) is 31.7 Å². The highest BCUT2D eigenvalue weighted by Crippen LogP contribution is 2.36. The third-order valence-electron chi connectivity index (χ3n) is 4.50. The fraction of sp³-hybridized carbons (Fsp3) is 0.875. The van der Waals surface area contributed by atoms with Crippen LogP contribution in [0.15, 0.2) is 0 Å². The highest BCUT2D eigenvalue weighted by atomic mass is 16.4. The highest BCUT2D eigenvalue weighted by molar-refractivity contribution is 5.79. The Balaban J connectivity index is 2.48. The first kappa shape index (κ1) is 18.0. The fourth-order valence-corrected chi connectivity index (χ4v) is 3.23. The molecule has 0 radical (unpaired) electrons. The number of carbonyl (C=O) groups is 2. The molecule has 0 heterocycles. The molecule has 1 rings (SSSR count). The van der Waals surface area contributed by atoms with Crippen molar-refractivity contribution in [3.63, 3.8) is 0 Å². The molecule has 0 aromatic heterocycles. The van der Waals surface area contributed by atoms with Gasteiger partial charge in [0, 0.05) is 13.0 Å². The minimum atomic E-state index is -0.778. The molecule has 5 nitrogen and oxygen atoms in total.